The number of Topliss-reactive ketones (excluding diaryl/α,β-unsaturated/α-hetero) is 1. The van der Waals surface area contributed by atoms with E-state index in [2.05, 4.69) is 10.4 Å². The number of nitrogens with zero attached hydrogens (tertiary/aromatic N) is 3. The number of allylic oxidation sites excluding steroid dienone is 4. The number of nitrogens with one attached hydrogen (secondary N) is 1. The molecule has 0 bridgehead atoms. The van der Waals surface area contributed by atoms with Crippen LogP contribution in [0.2, 0.25) is 0 Å². The molecule has 0 saturated heterocycles. The second-order valence-electron chi connectivity index (χ2n) is 7.10. The first-order valence-electron chi connectivity index (χ1n) is 9.11. The van der Waals surface area contributed by atoms with Crippen molar-refractivity contribution in [2.75, 3.05) is 6.54 Å². The van der Waals surface area contributed by atoms with Gasteiger partial charge in [0.1, 0.15) is 17.4 Å². The molecule has 0 atom stereocenters. The number of aliphatic hydroxyl groups is 1. The van der Waals surface area contributed by atoms with E-state index in [1.54, 1.807) is 41.6 Å². The lowest BCUT2D eigenvalue weighted by molar-refractivity contribution is -0.114. The summed E-state index contributed by atoms with van der Waals surface area (Å²) in [6.07, 6.45) is 3.62. The van der Waals surface area contributed by atoms with Crippen molar-refractivity contribution in [1.29, 1.82) is 5.26 Å². The van der Waals surface area contributed by atoms with Crippen LogP contribution in [0.25, 0.3) is 5.76 Å². The Kier molecular flexibility index (Phi) is 4.40. The molecule has 0 unspecified atom stereocenters. The number of carbonyl (C=O) groups is 2. The Morgan fingerprint density at radius 1 is 1.24 bits per heavy atom. The van der Waals surface area contributed by atoms with Gasteiger partial charge in [-0.25, -0.2) is 4.99 Å². The van der Waals surface area contributed by atoms with Gasteiger partial charge in [0, 0.05) is 29.8 Å². The summed E-state index contributed by atoms with van der Waals surface area (Å²) in [6, 6.07) is 8.59. The Bertz CT molecular complexity index is 1160. The maximum absolute atomic E-state index is 12.7. The van der Waals surface area contributed by atoms with E-state index in [9.17, 15) is 20.0 Å². The third kappa shape index (κ3) is 3.05. The largest absolute Gasteiger partial charge is 0.506 e. The van der Waals surface area contributed by atoms with Crippen LogP contribution in [-0.4, -0.2) is 33.9 Å². The van der Waals surface area contributed by atoms with Crippen LogP contribution in [0, 0.1) is 11.3 Å². The average molecular weight is 386 g/mol. The lowest BCUT2D eigenvalue weighted by atomic mass is 9.96. The number of hydrogen-bond donors (Lipinski definition) is 2. The summed E-state index contributed by atoms with van der Waals surface area (Å²) >= 11 is 0. The summed E-state index contributed by atoms with van der Waals surface area (Å²) in [4.78, 5) is 28.9. The number of aliphatic imine (C=N–C) groups is 1. The molecule has 3 aliphatic rings. The van der Waals surface area contributed by atoms with Crippen LogP contribution in [0.5, 0.6) is 0 Å². The van der Waals surface area contributed by atoms with Gasteiger partial charge in [0.25, 0.3) is 0 Å². The zero-order valence-corrected chi connectivity index (χ0v) is 16.0. The zero-order chi connectivity index (χ0) is 20.7. The van der Waals surface area contributed by atoms with E-state index in [1.165, 1.54) is 0 Å². The Morgan fingerprint density at radius 2 is 1.97 bits per heavy atom. The number of ketones is 2. The fourth-order valence-corrected chi connectivity index (χ4v) is 3.60. The molecule has 2 aliphatic carbocycles. The Labute approximate surface area is 167 Å². The highest BCUT2D eigenvalue weighted by Gasteiger charge is 2.33. The van der Waals surface area contributed by atoms with E-state index in [-0.39, 0.29) is 22.8 Å². The Hall–Kier alpha value is -3.92. The van der Waals surface area contributed by atoms with E-state index in [0.717, 1.165) is 16.8 Å². The molecule has 1 aliphatic heterocycles. The van der Waals surface area contributed by atoms with E-state index < -0.39 is 5.78 Å². The first-order valence-corrected chi connectivity index (χ1v) is 9.11. The van der Waals surface area contributed by atoms with Crippen molar-refractivity contribution in [1.82, 2.24) is 10.4 Å². The molecule has 0 fully saturated rings. The predicted octanol–water partition coefficient (Wildman–Crippen LogP) is 2.97. The van der Waals surface area contributed by atoms with Crippen LogP contribution < -0.4 is 5.43 Å². The smallest absolute Gasteiger partial charge is 0.200 e. The molecule has 7 heteroatoms. The number of benzene rings is 1. The topological polar surface area (TPSA) is 106 Å². The quantitative estimate of drug-likeness (QED) is 0.774. The fraction of sp³-hybridized carbons (Fsp3) is 0.182. The Balaban J connectivity index is 1.61. The normalized spacial score (nSPS) is 19.2. The highest BCUT2D eigenvalue weighted by molar-refractivity contribution is 6.39. The van der Waals surface area contributed by atoms with E-state index in [1.807, 2.05) is 19.9 Å². The number of aliphatic hydroxyl groups excluding tert-OH is 1. The summed E-state index contributed by atoms with van der Waals surface area (Å²) in [5.41, 5.74) is 6.85. The van der Waals surface area contributed by atoms with Gasteiger partial charge in [-0.1, -0.05) is 29.8 Å². The van der Waals surface area contributed by atoms with Crippen molar-refractivity contribution in [3.05, 3.63) is 75.8 Å². The molecular weight excluding hydrogens is 368 g/mol. The molecule has 0 radical (unpaired) electrons. The summed E-state index contributed by atoms with van der Waals surface area (Å²) in [5, 5.41) is 21.8. The van der Waals surface area contributed by atoms with E-state index in [4.69, 9.17) is 0 Å². The summed E-state index contributed by atoms with van der Waals surface area (Å²) in [7, 11) is 0. The number of rotatable bonds is 3. The lowest BCUT2D eigenvalue weighted by Gasteiger charge is -2.26. The lowest BCUT2D eigenvalue weighted by Crippen LogP contribution is -2.32. The van der Waals surface area contributed by atoms with Gasteiger partial charge in [0.2, 0.25) is 0 Å². The van der Waals surface area contributed by atoms with Gasteiger partial charge >= 0.3 is 0 Å². The molecule has 1 aromatic carbocycles. The third-order valence-electron chi connectivity index (χ3n) is 5.25. The predicted molar refractivity (Wildman–Crippen MR) is 107 cm³/mol. The van der Waals surface area contributed by atoms with E-state index >= 15 is 0 Å². The van der Waals surface area contributed by atoms with E-state index in [0.29, 0.717) is 29.8 Å². The van der Waals surface area contributed by atoms with Gasteiger partial charge in [-0.15, -0.1) is 0 Å². The molecule has 2 N–H and O–H groups in total. The maximum Gasteiger partial charge on any atom is 0.200 e. The standard InChI is InChI=1S/C22H18N4O3/c1-12-7-15(27)8-19(13(12)2)26-11-14(10-24-26)25-18(9-23)20-21(28)16-5-3-4-6-17(16)22(20)29/h3-6,8,10,24,28H,7,11H2,1-2H3. The molecule has 0 aromatic heterocycles. The maximum atomic E-state index is 12.7. The van der Waals surface area contributed by atoms with Crippen LogP contribution in [0.1, 0.15) is 36.2 Å². The summed E-state index contributed by atoms with van der Waals surface area (Å²) in [6.45, 7) is 4.19. The molecule has 144 valence electrons. The van der Waals surface area contributed by atoms with Crippen molar-refractivity contribution < 1.29 is 14.7 Å². The molecule has 1 aromatic rings. The van der Waals surface area contributed by atoms with Gasteiger partial charge in [0.05, 0.1) is 17.9 Å². The zero-order valence-electron chi connectivity index (χ0n) is 16.0. The molecule has 29 heavy (non-hydrogen) atoms. The fourth-order valence-electron chi connectivity index (χ4n) is 3.60. The number of nitriles is 1. The second-order valence-corrected chi connectivity index (χ2v) is 7.10. The molecule has 0 spiro atoms. The second kappa shape index (κ2) is 6.91. The number of fused-ring (bicyclic) bond motifs is 1. The minimum Gasteiger partial charge on any atom is -0.506 e. The van der Waals surface area contributed by atoms with Gasteiger partial charge in [-0.2, -0.15) is 5.26 Å². The minimum atomic E-state index is -0.420. The molecule has 7 nitrogen and oxygen atoms in total. The number of hydrogen-bond acceptors (Lipinski definition) is 7. The van der Waals surface area contributed by atoms with Crippen molar-refractivity contribution in [2.24, 2.45) is 4.99 Å². The molecule has 0 saturated carbocycles. The molecule has 4 rings (SSSR count). The van der Waals surface area contributed by atoms with Crippen molar-refractivity contribution in [3.63, 3.8) is 0 Å². The van der Waals surface area contributed by atoms with Crippen LogP contribution in [-0.2, 0) is 4.79 Å². The number of carbonyl (C=O) groups excluding carboxylic acids is 2. The monoisotopic (exact) mass is 386 g/mol. The van der Waals surface area contributed by atoms with Crippen molar-refractivity contribution >= 4 is 23.0 Å². The van der Waals surface area contributed by atoms with Gasteiger partial charge in [0.15, 0.2) is 17.3 Å². The van der Waals surface area contributed by atoms with Gasteiger partial charge in [-0.3, -0.25) is 14.6 Å². The average Bonchev–Trinajstić information content (AvgIpc) is 3.27. The SMILES string of the molecule is CC1=C(C)C(N2CC(N=C(C#N)C3=C(O)c4ccccc4C3=O)=CN2)=CC(=O)C1. The Morgan fingerprint density at radius 3 is 2.66 bits per heavy atom. The van der Waals surface area contributed by atoms with Crippen LogP contribution >= 0.6 is 0 Å². The molecule has 0 amide bonds. The molecule has 1 heterocycles. The highest BCUT2D eigenvalue weighted by atomic mass is 16.3. The van der Waals surface area contributed by atoms with Gasteiger partial charge < -0.3 is 10.5 Å². The van der Waals surface area contributed by atoms with Crippen molar-refractivity contribution in [2.45, 2.75) is 20.3 Å². The number of hydrazine groups is 1. The van der Waals surface area contributed by atoms with Crippen LogP contribution in [0.3, 0.4) is 0 Å². The van der Waals surface area contributed by atoms with Crippen LogP contribution in [0.15, 0.2) is 69.6 Å². The van der Waals surface area contributed by atoms with Crippen LogP contribution in [0.4, 0.5) is 0 Å². The highest BCUT2D eigenvalue weighted by Crippen LogP contribution is 2.32. The molecular formula is C22H18N4O3. The summed E-state index contributed by atoms with van der Waals surface area (Å²) < 4.78 is 0. The summed E-state index contributed by atoms with van der Waals surface area (Å²) in [5.74, 6) is -0.620. The van der Waals surface area contributed by atoms with Crippen molar-refractivity contribution in [3.8, 4) is 6.07 Å². The minimum absolute atomic E-state index is 0.0314. The van der Waals surface area contributed by atoms with Gasteiger partial charge in [-0.05, 0) is 19.4 Å². The first-order chi connectivity index (χ1) is 13.9. The first kappa shape index (κ1) is 18.4. The third-order valence-corrected chi connectivity index (χ3v) is 5.25.